The monoisotopic (exact) mass is 255 g/mol. The zero-order valence-corrected chi connectivity index (χ0v) is 10.7. The quantitative estimate of drug-likeness (QED) is 0.909. The SMILES string of the molecule is Cc1nn(-c2ccc(C#N)cc2)c(C)c1CC(=O)O. The molecule has 1 heterocycles. The van der Waals surface area contributed by atoms with Crippen LogP contribution in [0, 0.1) is 25.2 Å². The average molecular weight is 255 g/mol. The van der Waals surface area contributed by atoms with Crippen molar-refractivity contribution < 1.29 is 9.90 Å². The first-order valence-electron chi connectivity index (χ1n) is 5.80. The Balaban J connectivity index is 2.45. The third-order valence-electron chi connectivity index (χ3n) is 3.01. The Hall–Kier alpha value is -2.61. The van der Waals surface area contributed by atoms with Crippen LogP contribution in [0.2, 0.25) is 0 Å². The first-order chi connectivity index (χ1) is 9.02. The van der Waals surface area contributed by atoms with E-state index in [0.29, 0.717) is 11.3 Å². The fourth-order valence-electron chi connectivity index (χ4n) is 2.01. The van der Waals surface area contributed by atoms with Crippen molar-refractivity contribution in [1.82, 2.24) is 9.78 Å². The molecule has 0 radical (unpaired) electrons. The number of hydrogen-bond acceptors (Lipinski definition) is 3. The molecule has 5 heteroatoms. The van der Waals surface area contributed by atoms with E-state index in [1.807, 2.05) is 6.92 Å². The van der Waals surface area contributed by atoms with Crippen molar-refractivity contribution >= 4 is 5.97 Å². The van der Waals surface area contributed by atoms with Crippen molar-refractivity contribution in [2.24, 2.45) is 0 Å². The van der Waals surface area contributed by atoms with Gasteiger partial charge in [-0.2, -0.15) is 10.4 Å². The number of rotatable bonds is 3. The second-order valence-corrected chi connectivity index (χ2v) is 4.29. The Morgan fingerprint density at radius 2 is 2.00 bits per heavy atom. The molecule has 0 aliphatic heterocycles. The minimum Gasteiger partial charge on any atom is -0.481 e. The summed E-state index contributed by atoms with van der Waals surface area (Å²) in [6.07, 6.45) is -0.0338. The van der Waals surface area contributed by atoms with Crippen molar-refractivity contribution in [3.63, 3.8) is 0 Å². The lowest BCUT2D eigenvalue weighted by Gasteiger charge is -2.04. The second kappa shape index (κ2) is 4.94. The van der Waals surface area contributed by atoms with Crippen LogP contribution >= 0.6 is 0 Å². The van der Waals surface area contributed by atoms with Gasteiger partial charge in [-0.05, 0) is 38.1 Å². The zero-order chi connectivity index (χ0) is 14.0. The molecule has 1 aromatic carbocycles. The molecule has 2 aromatic rings. The maximum atomic E-state index is 10.8. The summed E-state index contributed by atoms with van der Waals surface area (Å²) in [5, 5.41) is 22.0. The smallest absolute Gasteiger partial charge is 0.307 e. The van der Waals surface area contributed by atoms with Gasteiger partial charge in [0.25, 0.3) is 0 Å². The molecule has 1 aromatic heterocycles. The van der Waals surface area contributed by atoms with Gasteiger partial charge in [0.15, 0.2) is 0 Å². The predicted molar refractivity (Wildman–Crippen MR) is 69.1 cm³/mol. The van der Waals surface area contributed by atoms with Gasteiger partial charge in [0, 0.05) is 11.3 Å². The van der Waals surface area contributed by atoms with Crippen molar-refractivity contribution in [3.8, 4) is 11.8 Å². The fraction of sp³-hybridized carbons (Fsp3) is 0.214. The molecule has 0 bridgehead atoms. The minimum absolute atomic E-state index is 0.0338. The number of aromatic nitrogens is 2. The summed E-state index contributed by atoms with van der Waals surface area (Å²) in [4.78, 5) is 10.8. The number of carboxylic acid groups (broad SMARTS) is 1. The van der Waals surface area contributed by atoms with Crippen LogP contribution in [0.4, 0.5) is 0 Å². The van der Waals surface area contributed by atoms with Crippen molar-refractivity contribution in [3.05, 3.63) is 46.8 Å². The molecule has 0 aliphatic rings. The first-order valence-corrected chi connectivity index (χ1v) is 5.80. The van der Waals surface area contributed by atoms with E-state index >= 15 is 0 Å². The lowest BCUT2D eigenvalue weighted by atomic mass is 10.1. The van der Waals surface area contributed by atoms with Gasteiger partial charge in [0.05, 0.1) is 29.4 Å². The van der Waals surface area contributed by atoms with Crippen LogP contribution in [-0.2, 0) is 11.2 Å². The number of carbonyl (C=O) groups is 1. The Morgan fingerprint density at radius 3 is 2.53 bits per heavy atom. The van der Waals surface area contributed by atoms with Gasteiger partial charge in [-0.1, -0.05) is 0 Å². The molecule has 0 unspecified atom stereocenters. The average Bonchev–Trinajstić information content (AvgIpc) is 2.66. The minimum atomic E-state index is -0.870. The molecule has 96 valence electrons. The molecule has 0 saturated heterocycles. The normalized spacial score (nSPS) is 10.2. The number of nitriles is 1. The third-order valence-corrected chi connectivity index (χ3v) is 3.01. The highest BCUT2D eigenvalue weighted by atomic mass is 16.4. The summed E-state index contributed by atoms with van der Waals surface area (Å²) in [6, 6.07) is 9.07. The molecule has 5 nitrogen and oxygen atoms in total. The fourth-order valence-corrected chi connectivity index (χ4v) is 2.01. The van der Waals surface area contributed by atoms with Gasteiger partial charge in [-0.3, -0.25) is 4.79 Å². The van der Waals surface area contributed by atoms with E-state index in [9.17, 15) is 4.79 Å². The van der Waals surface area contributed by atoms with Crippen LogP contribution in [0.15, 0.2) is 24.3 Å². The summed E-state index contributed by atoms with van der Waals surface area (Å²) < 4.78 is 1.70. The maximum absolute atomic E-state index is 10.8. The van der Waals surface area contributed by atoms with Gasteiger partial charge in [0.1, 0.15) is 0 Å². The van der Waals surface area contributed by atoms with E-state index in [1.54, 1.807) is 35.9 Å². The Morgan fingerprint density at radius 1 is 1.37 bits per heavy atom. The van der Waals surface area contributed by atoms with Crippen LogP contribution in [-0.4, -0.2) is 20.9 Å². The highest BCUT2D eigenvalue weighted by Crippen LogP contribution is 2.18. The molecule has 0 saturated carbocycles. The van der Waals surface area contributed by atoms with E-state index in [2.05, 4.69) is 11.2 Å². The number of benzene rings is 1. The van der Waals surface area contributed by atoms with E-state index in [1.165, 1.54) is 0 Å². The number of aliphatic carboxylic acids is 1. The number of hydrogen-bond donors (Lipinski definition) is 1. The highest BCUT2D eigenvalue weighted by molar-refractivity contribution is 5.71. The van der Waals surface area contributed by atoms with Crippen LogP contribution in [0.1, 0.15) is 22.5 Å². The van der Waals surface area contributed by atoms with Gasteiger partial charge in [-0.15, -0.1) is 0 Å². The third kappa shape index (κ3) is 2.47. The standard InChI is InChI=1S/C14H13N3O2/c1-9-13(7-14(18)19)10(2)17(16-9)12-5-3-11(8-15)4-6-12/h3-6H,7H2,1-2H3,(H,18,19). The Kier molecular flexibility index (Phi) is 3.34. The number of aryl methyl sites for hydroxylation is 1. The lowest BCUT2D eigenvalue weighted by molar-refractivity contribution is -0.136. The van der Waals surface area contributed by atoms with Crippen LogP contribution in [0.5, 0.6) is 0 Å². The summed E-state index contributed by atoms with van der Waals surface area (Å²) in [7, 11) is 0. The molecule has 2 rings (SSSR count). The number of carboxylic acids is 1. The van der Waals surface area contributed by atoms with Gasteiger partial charge in [-0.25, -0.2) is 4.68 Å². The van der Waals surface area contributed by atoms with Crippen LogP contribution in [0.3, 0.4) is 0 Å². The topological polar surface area (TPSA) is 78.9 Å². The van der Waals surface area contributed by atoms with Crippen molar-refractivity contribution in [1.29, 1.82) is 5.26 Å². The molecule has 0 spiro atoms. The Labute approximate surface area is 110 Å². The molecule has 1 N–H and O–H groups in total. The van der Waals surface area contributed by atoms with Crippen LogP contribution in [0.25, 0.3) is 5.69 Å². The van der Waals surface area contributed by atoms with Gasteiger partial charge in [0.2, 0.25) is 0 Å². The molecule has 0 amide bonds. The molecular weight excluding hydrogens is 242 g/mol. The molecular formula is C14H13N3O2. The maximum Gasteiger partial charge on any atom is 0.307 e. The Bertz CT molecular complexity index is 663. The van der Waals surface area contributed by atoms with Crippen molar-refractivity contribution in [2.45, 2.75) is 20.3 Å². The summed E-state index contributed by atoms with van der Waals surface area (Å²) in [5.74, 6) is -0.870. The summed E-state index contributed by atoms with van der Waals surface area (Å²) in [6.45, 7) is 3.64. The predicted octanol–water partition coefficient (Wildman–Crippen LogP) is 1.99. The zero-order valence-electron chi connectivity index (χ0n) is 10.7. The molecule has 0 atom stereocenters. The molecule has 19 heavy (non-hydrogen) atoms. The molecule has 0 fully saturated rings. The summed E-state index contributed by atoms with van der Waals surface area (Å²) in [5.41, 5.74) is 3.65. The lowest BCUT2D eigenvalue weighted by Crippen LogP contribution is -2.03. The van der Waals surface area contributed by atoms with E-state index in [4.69, 9.17) is 10.4 Å². The molecule has 0 aliphatic carbocycles. The van der Waals surface area contributed by atoms with Crippen LogP contribution < -0.4 is 0 Å². The largest absolute Gasteiger partial charge is 0.481 e. The van der Waals surface area contributed by atoms with E-state index in [-0.39, 0.29) is 6.42 Å². The second-order valence-electron chi connectivity index (χ2n) is 4.29. The van der Waals surface area contributed by atoms with E-state index in [0.717, 1.165) is 16.9 Å². The number of nitrogens with zero attached hydrogens (tertiary/aromatic N) is 3. The van der Waals surface area contributed by atoms with E-state index < -0.39 is 5.97 Å². The summed E-state index contributed by atoms with van der Waals surface area (Å²) >= 11 is 0. The van der Waals surface area contributed by atoms with Gasteiger partial charge >= 0.3 is 5.97 Å². The van der Waals surface area contributed by atoms with Gasteiger partial charge < -0.3 is 5.11 Å². The highest BCUT2D eigenvalue weighted by Gasteiger charge is 2.15. The first kappa shape index (κ1) is 12.8. The van der Waals surface area contributed by atoms with Crippen molar-refractivity contribution in [2.75, 3.05) is 0 Å².